The Morgan fingerprint density at radius 2 is 2.05 bits per heavy atom. The highest BCUT2D eigenvalue weighted by molar-refractivity contribution is 5.85. The monoisotopic (exact) mass is 277 g/mol. The normalized spacial score (nSPS) is 19.4. The largest absolute Gasteiger partial charge is 0.508 e. The molecule has 0 bridgehead atoms. The fraction of sp³-hybridized carbons (Fsp3) is 0.467. The number of aromatic hydroxyl groups is 1. The Hall–Kier alpha value is -2.04. The second-order valence-electron chi connectivity index (χ2n) is 5.14. The molecule has 5 heteroatoms. The van der Waals surface area contributed by atoms with E-state index >= 15 is 0 Å². The van der Waals surface area contributed by atoms with Crippen molar-refractivity contribution >= 4 is 11.9 Å². The minimum Gasteiger partial charge on any atom is -0.508 e. The number of rotatable bonds is 3. The molecule has 0 aromatic heterocycles. The number of amides is 1. The van der Waals surface area contributed by atoms with Crippen LogP contribution in [0.25, 0.3) is 0 Å². The van der Waals surface area contributed by atoms with Crippen molar-refractivity contribution in [3.8, 4) is 5.75 Å². The van der Waals surface area contributed by atoms with Crippen LogP contribution in [0.4, 0.5) is 0 Å². The van der Waals surface area contributed by atoms with E-state index in [1.807, 2.05) is 0 Å². The Kier molecular flexibility index (Phi) is 4.61. The van der Waals surface area contributed by atoms with Gasteiger partial charge in [0.2, 0.25) is 5.91 Å². The molecule has 2 rings (SSSR count). The summed E-state index contributed by atoms with van der Waals surface area (Å²) >= 11 is 0. The molecule has 1 aliphatic rings. The number of phenols is 1. The number of carboxylic acids is 1. The van der Waals surface area contributed by atoms with Crippen molar-refractivity contribution in [1.82, 2.24) is 4.90 Å². The molecule has 1 heterocycles. The lowest BCUT2D eigenvalue weighted by molar-refractivity contribution is -0.150. The Balaban J connectivity index is 2.10. The van der Waals surface area contributed by atoms with Crippen molar-refractivity contribution in [2.75, 3.05) is 6.54 Å². The zero-order chi connectivity index (χ0) is 14.5. The van der Waals surface area contributed by atoms with Crippen molar-refractivity contribution in [3.05, 3.63) is 29.8 Å². The van der Waals surface area contributed by atoms with Crippen LogP contribution in [-0.2, 0) is 16.0 Å². The van der Waals surface area contributed by atoms with E-state index in [1.165, 1.54) is 11.0 Å². The minimum atomic E-state index is -0.934. The standard InChI is InChI=1S/C15H19NO4/c17-12-6-4-5-11(9-12)10-14(18)16-8-3-1-2-7-13(16)15(19)20/h4-6,9,13,17H,1-3,7-8,10H2,(H,19,20). The lowest BCUT2D eigenvalue weighted by Crippen LogP contribution is -2.45. The molecule has 1 atom stereocenters. The van der Waals surface area contributed by atoms with Gasteiger partial charge in [-0.05, 0) is 30.5 Å². The van der Waals surface area contributed by atoms with Gasteiger partial charge in [0.25, 0.3) is 0 Å². The third kappa shape index (κ3) is 3.50. The Bertz CT molecular complexity index is 500. The molecular weight excluding hydrogens is 258 g/mol. The van der Waals surface area contributed by atoms with Gasteiger partial charge in [0.05, 0.1) is 6.42 Å². The Morgan fingerprint density at radius 1 is 1.25 bits per heavy atom. The molecule has 1 aliphatic heterocycles. The van der Waals surface area contributed by atoms with Crippen molar-refractivity contribution in [1.29, 1.82) is 0 Å². The van der Waals surface area contributed by atoms with Gasteiger partial charge >= 0.3 is 5.97 Å². The fourth-order valence-electron chi connectivity index (χ4n) is 2.61. The van der Waals surface area contributed by atoms with Gasteiger partial charge in [-0.1, -0.05) is 25.0 Å². The molecule has 1 amide bonds. The first-order valence-electron chi connectivity index (χ1n) is 6.88. The van der Waals surface area contributed by atoms with E-state index in [9.17, 15) is 19.8 Å². The van der Waals surface area contributed by atoms with E-state index in [2.05, 4.69) is 0 Å². The summed E-state index contributed by atoms with van der Waals surface area (Å²) < 4.78 is 0. The SMILES string of the molecule is O=C(O)C1CCCCCN1C(=O)Cc1cccc(O)c1. The highest BCUT2D eigenvalue weighted by Crippen LogP contribution is 2.19. The molecule has 20 heavy (non-hydrogen) atoms. The molecule has 108 valence electrons. The molecule has 5 nitrogen and oxygen atoms in total. The van der Waals surface area contributed by atoms with E-state index < -0.39 is 12.0 Å². The van der Waals surface area contributed by atoms with Gasteiger partial charge in [0, 0.05) is 6.54 Å². The third-order valence-electron chi connectivity index (χ3n) is 3.62. The summed E-state index contributed by atoms with van der Waals surface area (Å²) in [6, 6.07) is 5.79. The van der Waals surface area contributed by atoms with Crippen molar-refractivity contribution < 1.29 is 19.8 Å². The molecular formula is C15H19NO4. The zero-order valence-corrected chi connectivity index (χ0v) is 11.3. The number of nitrogens with zero attached hydrogens (tertiary/aromatic N) is 1. The molecule has 1 unspecified atom stereocenters. The van der Waals surface area contributed by atoms with Crippen LogP contribution in [-0.4, -0.2) is 39.6 Å². The molecule has 1 fully saturated rings. The lowest BCUT2D eigenvalue weighted by atomic mass is 10.1. The second-order valence-corrected chi connectivity index (χ2v) is 5.14. The number of carboxylic acid groups (broad SMARTS) is 1. The number of aliphatic carboxylic acids is 1. The summed E-state index contributed by atoms with van der Waals surface area (Å²) in [7, 11) is 0. The average molecular weight is 277 g/mol. The molecule has 1 saturated heterocycles. The number of phenolic OH excluding ortho intramolecular Hbond substituents is 1. The van der Waals surface area contributed by atoms with Gasteiger partial charge in [0.15, 0.2) is 0 Å². The predicted octanol–water partition coefficient (Wildman–Crippen LogP) is 1.79. The van der Waals surface area contributed by atoms with Crippen LogP contribution in [0, 0.1) is 0 Å². The van der Waals surface area contributed by atoms with E-state index in [0.717, 1.165) is 19.3 Å². The molecule has 2 N–H and O–H groups in total. The number of benzene rings is 1. The fourth-order valence-corrected chi connectivity index (χ4v) is 2.61. The third-order valence-corrected chi connectivity index (χ3v) is 3.62. The van der Waals surface area contributed by atoms with Crippen molar-refractivity contribution in [2.45, 2.75) is 38.1 Å². The topological polar surface area (TPSA) is 77.8 Å². The lowest BCUT2D eigenvalue weighted by Gasteiger charge is -2.27. The summed E-state index contributed by atoms with van der Waals surface area (Å²) in [5.74, 6) is -1.01. The first kappa shape index (κ1) is 14.4. The maximum absolute atomic E-state index is 12.3. The highest BCUT2D eigenvalue weighted by Gasteiger charge is 2.30. The summed E-state index contributed by atoms with van der Waals surface area (Å²) in [6.07, 6.45) is 3.28. The minimum absolute atomic E-state index is 0.112. The predicted molar refractivity (Wildman–Crippen MR) is 73.4 cm³/mol. The van der Waals surface area contributed by atoms with Crippen LogP contribution >= 0.6 is 0 Å². The summed E-state index contributed by atoms with van der Waals surface area (Å²) in [4.78, 5) is 25.1. The number of hydrogen-bond acceptors (Lipinski definition) is 3. The summed E-state index contributed by atoms with van der Waals surface area (Å²) in [5, 5.41) is 18.7. The van der Waals surface area contributed by atoms with E-state index in [-0.39, 0.29) is 18.1 Å². The van der Waals surface area contributed by atoms with Gasteiger partial charge in [-0.25, -0.2) is 4.79 Å². The molecule has 0 spiro atoms. The number of hydrogen-bond donors (Lipinski definition) is 2. The van der Waals surface area contributed by atoms with Crippen molar-refractivity contribution in [3.63, 3.8) is 0 Å². The maximum Gasteiger partial charge on any atom is 0.326 e. The van der Waals surface area contributed by atoms with Gasteiger partial charge in [-0.2, -0.15) is 0 Å². The van der Waals surface area contributed by atoms with Gasteiger partial charge in [-0.3, -0.25) is 4.79 Å². The van der Waals surface area contributed by atoms with Crippen LogP contribution < -0.4 is 0 Å². The summed E-state index contributed by atoms with van der Waals surface area (Å²) in [6.45, 7) is 0.495. The molecule has 1 aromatic rings. The summed E-state index contributed by atoms with van der Waals surface area (Å²) in [5.41, 5.74) is 0.698. The van der Waals surface area contributed by atoms with E-state index in [4.69, 9.17) is 0 Å². The van der Waals surface area contributed by atoms with Crippen LogP contribution in [0.2, 0.25) is 0 Å². The number of likely N-dealkylation sites (tertiary alicyclic amines) is 1. The van der Waals surface area contributed by atoms with Crippen LogP contribution in [0.15, 0.2) is 24.3 Å². The van der Waals surface area contributed by atoms with Crippen LogP contribution in [0.5, 0.6) is 5.75 Å². The van der Waals surface area contributed by atoms with Gasteiger partial charge < -0.3 is 15.1 Å². The number of carbonyl (C=O) groups is 2. The Labute approximate surface area is 117 Å². The van der Waals surface area contributed by atoms with E-state index in [1.54, 1.807) is 18.2 Å². The quantitative estimate of drug-likeness (QED) is 0.883. The van der Waals surface area contributed by atoms with Gasteiger partial charge in [0.1, 0.15) is 11.8 Å². The van der Waals surface area contributed by atoms with E-state index in [0.29, 0.717) is 18.5 Å². The average Bonchev–Trinajstić information content (AvgIpc) is 2.64. The Morgan fingerprint density at radius 3 is 2.75 bits per heavy atom. The smallest absolute Gasteiger partial charge is 0.326 e. The first-order chi connectivity index (χ1) is 9.58. The van der Waals surface area contributed by atoms with Crippen LogP contribution in [0.3, 0.4) is 0 Å². The maximum atomic E-state index is 12.3. The van der Waals surface area contributed by atoms with Gasteiger partial charge in [-0.15, -0.1) is 0 Å². The van der Waals surface area contributed by atoms with Crippen molar-refractivity contribution in [2.24, 2.45) is 0 Å². The number of carbonyl (C=O) groups excluding carboxylic acids is 1. The van der Waals surface area contributed by atoms with Crippen LogP contribution in [0.1, 0.15) is 31.2 Å². The second kappa shape index (κ2) is 6.41. The highest BCUT2D eigenvalue weighted by atomic mass is 16.4. The first-order valence-corrected chi connectivity index (χ1v) is 6.88. The molecule has 1 aromatic carbocycles. The molecule has 0 radical (unpaired) electrons. The molecule has 0 aliphatic carbocycles. The molecule has 0 saturated carbocycles. The zero-order valence-electron chi connectivity index (χ0n) is 11.3.